The van der Waals surface area contributed by atoms with E-state index in [-0.39, 0.29) is 16.9 Å². The molecule has 0 bridgehead atoms. The van der Waals surface area contributed by atoms with E-state index in [4.69, 9.17) is 4.74 Å². The van der Waals surface area contributed by atoms with Crippen LogP contribution in [0.25, 0.3) is 0 Å². The molecule has 0 saturated carbocycles. The molecule has 130 valence electrons. The van der Waals surface area contributed by atoms with Gasteiger partial charge in [-0.1, -0.05) is 6.92 Å². The van der Waals surface area contributed by atoms with Crippen LogP contribution in [0.3, 0.4) is 0 Å². The lowest BCUT2D eigenvalue weighted by atomic mass is 10.2. The SMILES string of the molecule is CCC1=NS(=O)(=O)c2cc(NC(C)=O)ccc2N1C[C@@H]1CCCO1. The van der Waals surface area contributed by atoms with Gasteiger partial charge in [0, 0.05) is 25.6 Å². The van der Waals surface area contributed by atoms with E-state index < -0.39 is 10.0 Å². The van der Waals surface area contributed by atoms with E-state index in [9.17, 15) is 13.2 Å². The number of anilines is 2. The predicted molar refractivity (Wildman–Crippen MR) is 92.0 cm³/mol. The fraction of sp³-hybridized carbons (Fsp3) is 0.500. The summed E-state index contributed by atoms with van der Waals surface area (Å²) >= 11 is 0. The third-order valence-corrected chi connectivity index (χ3v) is 5.45. The van der Waals surface area contributed by atoms with Crippen LogP contribution in [0, 0.1) is 0 Å². The van der Waals surface area contributed by atoms with E-state index in [0.717, 1.165) is 19.4 Å². The zero-order valence-electron chi connectivity index (χ0n) is 13.8. The Kier molecular flexibility index (Phi) is 4.60. The van der Waals surface area contributed by atoms with E-state index in [1.165, 1.54) is 13.0 Å². The van der Waals surface area contributed by atoms with Gasteiger partial charge in [0.25, 0.3) is 10.0 Å². The zero-order chi connectivity index (χ0) is 17.3. The van der Waals surface area contributed by atoms with Gasteiger partial charge >= 0.3 is 0 Å². The van der Waals surface area contributed by atoms with Gasteiger partial charge in [0.15, 0.2) is 0 Å². The van der Waals surface area contributed by atoms with Gasteiger partial charge in [0.05, 0.1) is 18.3 Å². The molecule has 8 heteroatoms. The van der Waals surface area contributed by atoms with Crippen LogP contribution in [0.15, 0.2) is 27.5 Å². The lowest BCUT2D eigenvalue weighted by Crippen LogP contribution is -2.40. The fourth-order valence-corrected chi connectivity index (χ4v) is 4.37. The first-order valence-corrected chi connectivity index (χ1v) is 9.49. The topological polar surface area (TPSA) is 88.1 Å². The second-order valence-corrected chi connectivity index (χ2v) is 7.52. The van der Waals surface area contributed by atoms with Crippen molar-refractivity contribution in [2.45, 2.75) is 44.1 Å². The van der Waals surface area contributed by atoms with Crippen LogP contribution in [-0.4, -0.2) is 39.4 Å². The second-order valence-electron chi connectivity index (χ2n) is 5.95. The standard InChI is InChI=1S/C16H21N3O4S/c1-3-16-18-24(21,22)15-9-12(17-11(2)20)6-7-14(15)19(16)10-13-5-4-8-23-13/h6-7,9,13H,3-5,8,10H2,1-2H3,(H,17,20)/t13-/m0/s1. The molecule has 1 amide bonds. The molecule has 0 spiro atoms. The van der Waals surface area contributed by atoms with Crippen LogP contribution in [0.1, 0.15) is 33.1 Å². The van der Waals surface area contributed by atoms with Crippen molar-refractivity contribution in [3.8, 4) is 0 Å². The Bertz CT molecular complexity index is 783. The number of carbonyl (C=O) groups excluding carboxylic acids is 1. The zero-order valence-corrected chi connectivity index (χ0v) is 14.6. The summed E-state index contributed by atoms with van der Waals surface area (Å²) in [5.41, 5.74) is 1.03. The van der Waals surface area contributed by atoms with Crippen molar-refractivity contribution in [1.82, 2.24) is 0 Å². The van der Waals surface area contributed by atoms with Gasteiger partial charge in [-0.3, -0.25) is 4.79 Å². The Balaban J connectivity index is 2.02. The minimum absolute atomic E-state index is 0.0745. The van der Waals surface area contributed by atoms with Crippen LogP contribution in [0.2, 0.25) is 0 Å². The number of sulfonamides is 1. The van der Waals surface area contributed by atoms with Crippen LogP contribution in [0.4, 0.5) is 11.4 Å². The number of hydrogen-bond acceptors (Lipinski definition) is 5. The van der Waals surface area contributed by atoms with Crippen molar-refractivity contribution in [1.29, 1.82) is 0 Å². The van der Waals surface area contributed by atoms with Crippen molar-refractivity contribution in [3.63, 3.8) is 0 Å². The van der Waals surface area contributed by atoms with Crippen molar-refractivity contribution >= 4 is 33.1 Å². The summed E-state index contributed by atoms with van der Waals surface area (Å²) in [6, 6.07) is 4.89. The molecule has 2 aliphatic rings. The van der Waals surface area contributed by atoms with Gasteiger partial charge in [-0.25, -0.2) is 0 Å². The second kappa shape index (κ2) is 6.52. The average Bonchev–Trinajstić information content (AvgIpc) is 3.02. The fourth-order valence-electron chi connectivity index (χ4n) is 3.05. The third kappa shape index (κ3) is 3.29. The Morgan fingerprint density at radius 1 is 1.46 bits per heavy atom. The number of nitrogens with zero attached hydrogens (tertiary/aromatic N) is 2. The first-order valence-electron chi connectivity index (χ1n) is 8.05. The summed E-state index contributed by atoms with van der Waals surface area (Å²) in [5.74, 6) is 0.266. The lowest BCUT2D eigenvalue weighted by Gasteiger charge is -2.32. The molecule has 0 aromatic heterocycles. The highest BCUT2D eigenvalue weighted by Gasteiger charge is 2.32. The van der Waals surface area contributed by atoms with E-state index in [1.807, 2.05) is 11.8 Å². The molecule has 1 N–H and O–H groups in total. The molecule has 0 unspecified atom stereocenters. The van der Waals surface area contributed by atoms with Gasteiger partial charge in [0.1, 0.15) is 10.7 Å². The highest BCUT2D eigenvalue weighted by molar-refractivity contribution is 7.90. The Morgan fingerprint density at radius 3 is 2.88 bits per heavy atom. The van der Waals surface area contributed by atoms with Gasteiger partial charge in [0.2, 0.25) is 5.91 Å². The molecule has 1 fully saturated rings. The summed E-state index contributed by atoms with van der Waals surface area (Å²) in [5, 5.41) is 2.61. The molecule has 1 aromatic carbocycles. The van der Waals surface area contributed by atoms with Crippen molar-refractivity contribution < 1.29 is 17.9 Å². The van der Waals surface area contributed by atoms with Gasteiger partial charge in [-0.15, -0.1) is 4.40 Å². The van der Waals surface area contributed by atoms with Crippen molar-refractivity contribution in [3.05, 3.63) is 18.2 Å². The number of ether oxygens (including phenoxy) is 1. The first kappa shape index (κ1) is 16.9. The van der Waals surface area contributed by atoms with E-state index in [0.29, 0.717) is 30.2 Å². The number of fused-ring (bicyclic) bond motifs is 1. The van der Waals surface area contributed by atoms with E-state index >= 15 is 0 Å². The number of rotatable bonds is 4. The molecule has 7 nitrogen and oxygen atoms in total. The first-order chi connectivity index (χ1) is 11.4. The van der Waals surface area contributed by atoms with Crippen LogP contribution in [0.5, 0.6) is 0 Å². The predicted octanol–water partition coefficient (Wildman–Crippen LogP) is 2.14. The number of nitrogens with one attached hydrogen (secondary N) is 1. The van der Waals surface area contributed by atoms with E-state index in [1.54, 1.807) is 12.1 Å². The van der Waals surface area contributed by atoms with E-state index in [2.05, 4.69) is 9.71 Å². The smallest absolute Gasteiger partial charge is 0.286 e. The van der Waals surface area contributed by atoms with Crippen molar-refractivity contribution in [2.75, 3.05) is 23.4 Å². The number of benzene rings is 1. The highest BCUT2D eigenvalue weighted by Crippen LogP contribution is 2.35. The molecule has 1 aromatic rings. The number of amidine groups is 1. The summed E-state index contributed by atoms with van der Waals surface area (Å²) in [6.45, 7) is 4.58. The van der Waals surface area contributed by atoms with Crippen LogP contribution in [-0.2, 0) is 19.6 Å². The lowest BCUT2D eigenvalue weighted by molar-refractivity contribution is -0.114. The molecule has 2 aliphatic heterocycles. The minimum Gasteiger partial charge on any atom is -0.376 e. The van der Waals surface area contributed by atoms with Crippen molar-refractivity contribution in [2.24, 2.45) is 4.40 Å². The highest BCUT2D eigenvalue weighted by atomic mass is 32.2. The van der Waals surface area contributed by atoms with Crippen LogP contribution < -0.4 is 10.2 Å². The molecular formula is C16H21N3O4S. The Hall–Kier alpha value is -1.93. The maximum atomic E-state index is 12.5. The average molecular weight is 351 g/mol. The molecule has 0 aliphatic carbocycles. The Morgan fingerprint density at radius 2 is 2.25 bits per heavy atom. The molecule has 0 radical (unpaired) electrons. The van der Waals surface area contributed by atoms with Gasteiger partial charge in [-0.2, -0.15) is 8.42 Å². The third-order valence-electron chi connectivity index (χ3n) is 4.11. The summed E-state index contributed by atoms with van der Waals surface area (Å²) in [7, 11) is -3.77. The Labute approximate surface area is 141 Å². The quantitative estimate of drug-likeness (QED) is 0.898. The van der Waals surface area contributed by atoms with Crippen LogP contribution >= 0.6 is 0 Å². The molecular weight excluding hydrogens is 330 g/mol. The summed E-state index contributed by atoms with van der Waals surface area (Å²) in [6.07, 6.45) is 2.56. The molecule has 2 heterocycles. The molecule has 3 rings (SSSR count). The largest absolute Gasteiger partial charge is 0.376 e. The number of hydrogen-bond donors (Lipinski definition) is 1. The maximum absolute atomic E-state index is 12.5. The van der Waals surface area contributed by atoms with Gasteiger partial charge < -0.3 is 15.0 Å². The monoisotopic (exact) mass is 351 g/mol. The molecule has 1 saturated heterocycles. The molecule has 1 atom stereocenters. The summed E-state index contributed by atoms with van der Waals surface area (Å²) < 4.78 is 34.7. The number of amides is 1. The minimum atomic E-state index is -3.77. The number of carbonyl (C=O) groups is 1. The normalized spacial score (nSPS) is 22.0. The maximum Gasteiger partial charge on any atom is 0.286 e. The van der Waals surface area contributed by atoms with Gasteiger partial charge in [-0.05, 0) is 31.0 Å². The molecule has 24 heavy (non-hydrogen) atoms. The summed E-state index contributed by atoms with van der Waals surface area (Å²) in [4.78, 5) is 13.3.